The SMILES string of the molecule is CC(C)CC(=O)Nc1cc(N)ccc1C(=O)O. The van der Waals surface area contributed by atoms with Crippen molar-refractivity contribution in [2.45, 2.75) is 20.3 Å². The number of rotatable bonds is 4. The minimum absolute atomic E-state index is 0.0382. The average molecular weight is 236 g/mol. The Kier molecular flexibility index (Phi) is 4.09. The molecule has 1 rings (SSSR count). The van der Waals surface area contributed by atoms with Crippen LogP contribution in [-0.2, 0) is 4.79 Å². The van der Waals surface area contributed by atoms with Gasteiger partial charge in [0.15, 0.2) is 0 Å². The van der Waals surface area contributed by atoms with Gasteiger partial charge in [-0.3, -0.25) is 4.79 Å². The molecule has 0 heterocycles. The summed E-state index contributed by atoms with van der Waals surface area (Å²) in [4.78, 5) is 22.5. The number of anilines is 2. The van der Waals surface area contributed by atoms with Crippen LogP contribution in [0.15, 0.2) is 18.2 Å². The van der Waals surface area contributed by atoms with Gasteiger partial charge in [0.05, 0.1) is 11.3 Å². The van der Waals surface area contributed by atoms with Crippen molar-refractivity contribution in [1.29, 1.82) is 0 Å². The van der Waals surface area contributed by atoms with E-state index in [9.17, 15) is 9.59 Å². The number of nitrogens with one attached hydrogen (secondary N) is 1. The summed E-state index contributed by atoms with van der Waals surface area (Å²) in [7, 11) is 0. The Hall–Kier alpha value is -2.04. The number of hydrogen-bond donors (Lipinski definition) is 3. The summed E-state index contributed by atoms with van der Waals surface area (Å²) < 4.78 is 0. The van der Waals surface area contributed by atoms with Crippen LogP contribution in [0.5, 0.6) is 0 Å². The maximum Gasteiger partial charge on any atom is 0.337 e. The molecule has 1 aromatic rings. The molecule has 0 aliphatic heterocycles. The molecule has 5 heteroatoms. The molecule has 92 valence electrons. The Morgan fingerprint density at radius 3 is 2.59 bits per heavy atom. The summed E-state index contributed by atoms with van der Waals surface area (Å²) >= 11 is 0. The molecule has 0 unspecified atom stereocenters. The van der Waals surface area contributed by atoms with Crippen LogP contribution in [0.25, 0.3) is 0 Å². The van der Waals surface area contributed by atoms with Crippen molar-refractivity contribution in [1.82, 2.24) is 0 Å². The maximum atomic E-state index is 11.6. The van der Waals surface area contributed by atoms with Crippen LogP contribution in [-0.4, -0.2) is 17.0 Å². The monoisotopic (exact) mass is 236 g/mol. The third-order valence-electron chi connectivity index (χ3n) is 2.14. The number of aromatic carboxylic acids is 1. The zero-order chi connectivity index (χ0) is 13.0. The first-order chi connectivity index (χ1) is 7.90. The standard InChI is InChI=1S/C12H16N2O3/c1-7(2)5-11(15)14-10-6-8(13)3-4-9(10)12(16)17/h3-4,6-7H,5,13H2,1-2H3,(H,14,15)(H,16,17). The molecule has 0 aliphatic carbocycles. The van der Waals surface area contributed by atoms with Crippen molar-refractivity contribution < 1.29 is 14.7 Å². The Morgan fingerprint density at radius 1 is 1.41 bits per heavy atom. The van der Waals surface area contributed by atoms with E-state index in [4.69, 9.17) is 10.8 Å². The Labute approximate surface area is 99.6 Å². The number of carbonyl (C=O) groups is 2. The van der Waals surface area contributed by atoms with E-state index in [1.54, 1.807) is 0 Å². The van der Waals surface area contributed by atoms with E-state index in [0.717, 1.165) is 0 Å². The average Bonchev–Trinajstić information content (AvgIpc) is 2.15. The van der Waals surface area contributed by atoms with Crippen LogP contribution in [0.3, 0.4) is 0 Å². The molecule has 4 N–H and O–H groups in total. The molecule has 1 aromatic carbocycles. The van der Waals surface area contributed by atoms with Crippen molar-refractivity contribution >= 4 is 23.3 Å². The lowest BCUT2D eigenvalue weighted by molar-refractivity contribution is -0.116. The second-order valence-corrected chi connectivity index (χ2v) is 4.26. The van der Waals surface area contributed by atoms with E-state index in [2.05, 4.69) is 5.32 Å². The first kappa shape index (κ1) is 13.0. The molecule has 0 bridgehead atoms. The number of hydrogen-bond acceptors (Lipinski definition) is 3. The molecule has 0 saturated carbocycles. The molecule has 1 amide bonds. The smallest absolute Gasteiger partial charge is 0.337 e. The third kappa shape index (κ3) is 3.79. The minimum Gasteiger partial charge on any atom is -0.478 e. The van der Waals surface area contributed by atoms with Crippen LogP contribution >= 0.6 is 0 Å². The van der Waals surface area contributed by atoms with Crippen molar-refractivity contribution in [3.05, 3.63) is 23.8 Å². The van der Waals surface area contributed by atoms with Gasteiger partial charge in [-0.1, -0.05) is 13.8 Å². The fraction of sp³-hybridized carbons (Fsp3) is 0.333. The van der Waals surface area contributed by atoms with Gasteiger partial charge in [0.25, 0.3) is 0 Å². The first-order valence-corrected chi connectivity index (χ1v) is 5.33. The quantitative estimate of drug-likeness (QED) is 0.696. The van der Waals surface area contributed by atoms with Gasteiger partial charge in [0.2, 0.25) is 5.91 Å². The molecule has 0 fully saturated rings. The van der Waals surface area contributed by atoms with Gasteiger partial charge in [-0.25, -0.2) is 4.79 Å². The summed E-state index contributed by atoms with van der Waals surface area (Å²) in [6, 6.07) is 4.31. The molecule has 0 radical (unpaired) electrons. The highest BCUT2D eigenvalue weighted by Gasteiger charge is 2.13. The molecule has 0 aromatic heterocycles. The van der Waals surface area contributed by atoms with Crippen LogP contribution in [0.1, 0.15) is 30.6 Å². The van der Waals surface area contributed by atoms with Crippen LogP contribution < -0.4 is 11.1 Å². The number of carboxylic acids is 1. The van der Waals surface area contributed by atoms with E-state index in [1.807, 2.05) is 13.8 Å². The van der Waals surface area contributed by atoms with Crippen molar-refractivity contribution in [2.75, 3.05) is 11.1 Å². The van der Waals surface area contributed by atoms with Crippen LogP contribution in [0.4, 0.5) is 11.4 Å². The van der Waals surface area contributed by atoms with Gasteiger partial charge in [-0.15, -0.1) is 0 Å². The summed E-state index contributed by atoms with van der Waals surface area (Å²) in [5.41, 5.74) is 6.25. The third-order valence-corrected chi connectivity index (χ3v) is 2.14. The summed E-state index contributed by atoms with van der Waals surface area (Å²) in [6.07, 6.45) is 0.341. The molecule has 5 nitrogen and oxygen atoms in total. The highest BCUT2D eigenvalue weighted by molar-refractivity contribution is 6.01. The number of carboxylic acid groups (broad SMARTS) is 1. The van der Waals surface area contributed by atoms with E-state index >= 15 is 0 Å². The largest absolute Gasteiger partial charge is 0.478 e. The number of benzene rings is 1. The number of nitrogen functional groups attached to an aromatic ring is 1. The first-order valence-electron chi connectivity index (χ1n) is 5.33. The number of carbonyl (C=O) groups excluding carboxylic acids is 1. The van der Waals surface area contributed by atoms with Gasteiger partial charge >= 0.3 is 5.97 Å². The van der Waals surface area contributed by atoms with E-state index in [1.165, 1.54) is 18.2 Å². The highest BCUT2D eigenvalue weighted by Crippen LogP contribution is 2.20. The zero-order valence-electron chi connectivity index (χ0n) is 9.86. The predicted octanol–water partition coefficient (Wildman–Crippen LogP) is 1.95. The molecule has 0 atom stereocenters. The summed E-state index contributed by atoms with van der Waals surface area (Å²) in [5, 5.41) is 11.5. The van der Waals surface area contributed by atoms with E-state index in [0.29, 0.717) is 12.1 Å². The van der Waals surface area contributed by atoms with Crippen LogP contribution in [0.2, 0.25) is 0 Å². The fourth-order valence-corrected chi connectivity index (χ4v) is 1.42. The van der Waals surface area contributed by atoms with E-state index < -0.39 is 5.97 Å². The minimum atomic E-state index is -1.09. The Morgan fingerprint density at radius 2 is 2.06 bits per heavy atom. The molecular formula is C12H16N2O3. The zero-order valence-corrected chi connectivity index (χ0v) is 9.86. The molecule has 0 aliphatic rings. The Balaban J connectivity index is 2.92. The van der Waals surface area contributed by atoms with Crippen LogP contribution in [0, 0.1) is 5.92 Å². The van der Waals surface area contributed by atoms with Crippen molar-refractivity contribution in [3.63, 3.8) is 0 Å². The topological polar surface area (TPSA) is 92.4 Å². The van der Waals surface area contributed by atoms with Gasteiger partial charge < -0.3 is 16.2 Å². The normalized spacial score (nSPS) is 10.3. The van der Waals surface area contributed by atoms with Gasteiger partial charge in [-0.2, -0.15) is 0 Å². The second-order valence-electron chi connectivity index (χ2n) is 4.26. The molecule has 0 saturated heterocycles. The number of amides is 1. The van der Waals surface area contributed by atoms with Gasteiger partial charge in [0.1, 0.15) is 0 Å². The lowest BCUT2D eigenvalue weighted by atomic mass is 10.1. The molecule has 0 spiro atoms. The maximum absolute atomic E-state index is 11.6. The van der Waals surface area contributed by atoms with E-state index in [-0.39, 0.29) is 23.1 Å². The fourth-order valence-electron chi connectivity index (χ4n) is 1.42. The molecule has 17 heavy (non-hydrogen) atoms. The number of nitrogens with two attached hydrogens (primary N) is 1. The van der Waals surface area contributed by atoms with Crippen molar-refractivity contribution in [2.24, 2.45) is 5.92 Å². The lowest BCUT2D eigenvalue weighted by Gasteiger charge is -2.10. The summed E-state index contributed by atoms with van der Waals surface area (Å²) in [5.74, 6) is -1.10. The van der Waals surface area contributed by atoms with Gasteiger partial charge in [0, 0.05) is 12.1 Å². The van der Waals surface area contributed by atoms with Crippen molar-refractivity contribution in [3.8, 4) is 0 Å². The predicted molar refractivity (Wildman–Crippen MR) is 65.9 cm³/mol. The lowest BCUT2D eigenvalue weighted by Crippen LogP contribution is -2.16. The second kappa shape index (κ2) is 5.34. The van der Waals surface area contributed by atoms with Gasteiger partial charge in [-0.05, 0) is 24.1 Å². The highest BCUT2D eigenvalue weighted by atomic mass is 16.4. The Bertz CT molecular complexity index is 441. The summed E-state index contributed by atoms with van der Waals surface area (Å²) in [6.45, 7) is 3.83. The molecular weight excluding hydrogens is 220 g/mol.